The Labute approximate surface area is 142 Å². The molecule has 0 aliphatic heterocycles. The molecule has 0 unspecified atom stereocenters. The summed E-state index contributed by atoms with van der Waals surface area (Å²) in [7, 11) is 0. The van der Waals surface area contributed by atoms with Crippen molar-refractivity contribution in [1.29, 1.82) is 0 Å². The number of hydrogen-bond acceptors (Lipinski definition) is 3. The van der Waals surface area contributed by atoms with Crippen molar-refractivity contribution in [3.05, 3.63) is 59.7 Å². The van der Waals surface area contributed by atoms with Crippen LogP contribution in [0.3, 0.4) is 0 Å². The van der Waals surface area contributed by atoms with Gasteiger partial charge in [0, 0.05) is 0 Å². The number of carbonyl (C=O) groups excluding carboxylic acids is 1. The van der Waals surface area contributed by atoms with Crippen LogP contribution in [-0.4, -0.2) is 19.1 Å². The Kier molecular flexibility index (Phi) is 5.36. The van der Waals surface area contributed by atoms with E-state index in [4.69, 9.17) is 9.47 Å². The predicted octanol–water partition coefficient (Wildman–Crippen LogP) is 3.66. The molecule has 126 valence electrons. The van der Waals surface area contributed by atoms with Crippen molar-refractivity contribution < 1.29 is 14.3 Å². The molecule has 0 spiro atoms. The number of ether oxygens (including phenoxy) is 2. The molecule has 0 radical (unpaired) electrons. The third kappa shape index (κ3) is 4.07. The first-order valence-corrected chi connectivity index (χ1v) is 8.49. The van der Waals surface area contributed by atoms with Crippen molar-refractivity contribution in [1.82, 2.24) is 5.32 Å². The Morgan fingerprint density at radius 3 is 2.54 bits per heavy atom. The molecular formula is C20H23NO3. The van der Waals surface area contributed by atoms with Crippen molar-refractivity contribution in [3.8, 4) is 11.5 Å². The molecule has 0 bridgehead atoms. The molecule has 0 heterocycles. The highest BCUT2D eigenvalue weighted by atomic mass is 16.5. The van der Waals surface area contributed by atoms with Gasteiger partial charge in [0.05, 0.1) is 12.6 Å². The molecule has 0 saturated heterocycles. The van der Waals surface area contributed by atoms with Crippen LogP contribution in [0.25, 0.3) is 0 Å². The van der Waals surface area contributed by atoms with Crippen molar-refractivity contribution in [3.63, 3.8) is 0 Å². The molecule has 0 aromatic heterocycles. The SMILES string of the molecule is CCOc1ccc(OCC(=O)N[C@H]2CCCc3ccccc32)cc1. The van der Waals surface area contributed by atoms with Gasteiger partial charge in [0.2, 0.25) is 0 Å². The van der Waals surface area contributed by atoms with E-state index in [1.165, 1.54) is 11.1 Å². The van der Waals surface area contributed by atoms with Gasteiger partial charge >= 0.3 is 0 Å². The molecule has 0 saturated carbocycles. The standard InChI is InChI=1S/C20H23NO3/c1-2-23-16-10-12-17(13-11-16)24-14-20(22)21-19-9-5-7-15-6-3-4-8-18(15)19/h3-4,6,8,10-13,19H,2,5,7,9,14H2,1H3,(H,21,22)/t19-/m0/s1. The Hall–Kier alpha value is -2.49. The maximum absolute atomic E-state index is 12.2. The van der Waals surface area contributed by atoms with Gasteiger partial charge < -0.3 is 14.8 Å². The van der Waals surface area contributed by atoms with Crippen molar-refractivity contribution in [2.45, 2.75) is 32.2 Å². The largest absolute Gasteiger partial charge is 0.494 e. The molecule has 1 N–H and O–H groups in total. The van der Waals surface area contributed by atoms with Crippen LogP contribution in [0.1, 0.15) is 36.9 Å². The average Bonchev–Trinajstić information content (AvgIpc) is 2.62. The number of benzene rings is 2. The van der Waals surface area contributed by atoms with Gasteiger partial charge in [-0.2, -0.15) is 0 Å². The molecule has 2 aromatic carbocycles. The number of rotatable bonds is 6. The first kappa shape index (κ1) is 16.4. The fourth-order valence-corrected chi connectivity index (χ4v) is 3.09. The van der Waals surface area contributed by atoms with Crippen LogP contribution < -0.4 is 14.8 Å². The molecule has 1 aliphatic rings. The fraction of sp³-hybridized carbons (Fsp3) is 0.350. The predicted molar refractivity (Wildman–Crippen MR) is 93.4 cm³/mol. The molecular weight excluding hydrogens is 302 g/mol. The van der Waals surface area contributed by atoms with Crippen LogP contribution in [-0.2, 0) is 11.2 Å². The van der Waals surface area contributed by atoms with Crippen molar-refractivity contribution >= 4 is 5.91 Å². The molecule has 4 heteroatoms. The van der Waals surface area contributed by atoms with E-state index in [0.29, 0.717) is 12.4 Å². The molecule has 1 aliphatic carbocycles. The number of fused-ring (bicyclic) bond motifs is 1. The number of aryl methyl sites for hydroxylation is 1. The lowest BCUT2D eigenvalue weighted by Gasteiger charge is -2.26. The lowest BCUT2D eigenvalue weighted by atomic mass is 9.88. The quantitative estimate of drug-likeness (QED) is 0.882. The van der Waals surface area contributed by atoms with E-state index >= 15 is 0 Å². The summed E-state index contributed by atoms with van der Waals surface area (Å²) in [5.74, 6) is 1.37. The van der Waals surface area contributed by atoms with Crippen molar-refractivity contribution in [2.75, 3.05) is 13.2 Å². The fourth-order valence-electron chi connectivity index (χ4n) is 3.09. The summed E-state index contributed by atoms with van der Waals surface area (Å²) in [6, 6.07) is 15.7. The van der Waals surface area contributed by atoms with E-state index in [-0.39, 0.29) is 18.6 Å². The lowest BCUT2D eigenvalue weighted by molar-refractivity contribution is -0.123. The topological polar surface area (TPSA) is 47.6 Å². The van der Waals surface area contributed by atoms with Crippen LogP contribution in [0.4, 0.5) is 0 Å². The molecule has 3 rings (SSSR count). The average molecular weight is 325 g/mol. The Morgan fingerprint density at radius 2 is 1.79 bits per heavy atom. The van der Waals surface area contributed by atoms with Gasteiger partial charge in [-0.15, -0.1) is 0 Å². The molecule has 2 aromatic rings. The summed E-state index contributed by atoms with van der Waals surface area (Å²) < 4.78 is 10.9. The van der Waals surface area contributed by atoms with Gasteiger partial charge in [0.25, 0.3) is 5.91 Å². The summed E-state index contributed by atoms with van der Waals surface area (Å²) in [5, 5.41) is 3.09. The highest BCUT2D eigenvalue weighted by Gasteiger charge is 2.21. The van der Waals surface area contributed by atoms with E-state index < -0.39 is 0 Å². The monoisotopic (exact) mass is 325 g/mol. The zero-order valence-electron chi connectivity index (χ0n) is 14.0. The second-order valence-corrected chi connectivity index (χ2v) is 5.90. The summed E-state index contributed by atoms with van der Waals surface area (Å²) >= 11 is 0. The van der Waals surface area contributed by atoms with Crippen LogP contribution in [0.2, 0.25) is 0 Å². The second kappa shape index (κ2) is 7.86. The summed E-state index contributed by atoms with van der Waals surface area (Å²) in [6.07, 6.45) is 3.17. The minimum absolute atomic E-state index is 0.0205. The third-order valence-electron chi connectivity index (χ3n) is 4.21. The third-order valence-corrected chi connectivity index (χ3v) is 4.21. The van der Waals surface area contributed by atoms with E-state index in [1.807, 2.05) is 37.3 Å². The van der Waals surface area contributed by atoms with Gasteiger partial charge in [-0.05, 0) is 61.6 Å². The maximum Gasteiger partial charge on any atom is 0.258 e. The molecule has 24 heavy (non-hydrogen) atoms. The summed E-state index contributed by atoms with van der Waals surface area (Å²) in [5.41, 5.74) is 2.57. The van der Waals surface area contributed by atoms with Crippen LogP contribution in [0, 0.1) is 0 Å². The van der Waals surface area contributed by atoms with Gasteiger partial charge in [0.15, 0.2) is 6.61 Å². The molecule has 1 atom stereocenters. The smallest absolute Gasteiger partial charge is 0.258 e. The second-order valence-electron chi connectivity index (χ2n) is 5.90. The maximum atomic E-state index is 12.2. The van der Waals surface area contributed by atoms with E-state index in [0.717, 1.165) is 25.0 Å². The van der Waals surface area contributed by atoms with Gasteiger partial charge in [-0.1, -0.05) is 24.3 Å². The van der Waals surface area contributed by atoms with Gasteiger partial charge in [-0.3, -0.25) is 4.79 Å². The van der Waals surface area contributed by atoms with Crippen molar-refractivity contribution in [2.24, 2.45) is 0 Å². The molecule has 4 nitrogen and oxygen atoms in total. The Balaban J connectivity index is 1.53. The minimum Gasteiger partial charge on any atom is -0.494 e. The summed E-state index contributed by atoms with van der Waals surface area (Å²) in [4.78, 5) is 12.2. The van der Waals surface area contributed by atoms with Gasteiger partial charge in [0.1, 0.15) is 11.5 Å². The number of amides is 1. The minimum atomic E-state index is -0.0920. The van der Waals surface area contributed by atoms with Crippen LogP contribution in [0.5, 0.6) is 11.5 Å². The highest BCUT2D eigenvalue weighted by molar-refractivity contribution is 5.78. The molecule has 1 amide bonds. The zero-order valence-corrected chi connectivity index (χ0v) is 14.0. The normalized spacial score (nSPS) is 16.1. The first-order valence-electron chi connectivity index (χ1n) is 8.49. The van der Waals surface area contributed by atoms with E-state index in [9.17, 15) is 4.79 Å². The van der Waals surface area contributed by atoms with Crippen LogP contribution in [0.15, 0.2) is 48.5 Å². The van der Waals surface area contributed by atoms with Gasteiger partial charge in [-0.25, -0.2) is 0 Å². The summed E-state index contributed by atoms with van der Waals surface area (Å²) in [6.45, 7) is 2.59. The first-order chi connectivity index (χ1) is 11.8. The van der Waals surface area contributed by atoms with Crippen LogP contribution >= 0.6 is 0 Å². The highest BCUT2D eigenvalue weighted by Crippen LogP contribution is 2.29. The Bertz CT molecular complexity index is 682. The van der Waals surface area contributed by atoms with E-state index in [2.05, 4.69) is 23.5 Å². The lowest BCUT2D eigenvalue weighted by Crippen LogP contribution is -2.34. The molecule has 0 fully saturated rings. The number of nitrogens with one attached hydrogen (secondary N) is 1. The van der Waals surface area contributed by atoms with E-state index in [1.54, 1.807) is 0 Å². The Morgan fingerprint density at radius 1 is 1.08 bits per heavy atom. The zero-order chi connectivity index (χ0) is 16.8. The number of carbonyl (C=O) groups is 1. The number of hydrogen-bond donors (Lipinski definition) is 1.